The van der Waals surface area contributed by atoms with Gasteiger partial charge in [0.15, 0.2) is 0 Å². The predicted molar refractivity (Wildman–Crippen MR) is 45.5 cm³/mol. The Labute approximate surface area is 68.9 Å². The summed E-state index contributed by atoms with van der Waals surface area (Å²) in [5.41, 5.74) is -1.90. The highest BCUT2D eigenvalue weighted by Gasteiger charge is 2.40. The van der Waals surface area contributed by atoms with Crippen LogP contribution in [-0.2, 0) is 4.74 Å². The Hall–Kier alpha value is -0.110. The van der Waals surface area contributed by atoms with Crippen LogP contribution in [0.1, 0.15) is 40.5 Å². The van der Waals surface area contributed by atoms with E-state index in [-0.39, 0.29) is 0 Å². The van der Waals surface area contributed by atoms with Crippen molar-refractivity contribution in [3.05, 3.63) is 0 Å². The minimum atomic E-state index is -1.27. The first-order chi connectivity index (χ1) is 4.87. The van der Waals surface area contributed by atoms with Crippen LogP contribution in [0.3, 0.4) is 0 Å². The van der Waals surface area contributed by atoms with Crippen molar-refractivity contribution in [3.63, 3.8) is 0 Å². The molecule has 68 valence electrons. The Morgan fingerprint density at radius 3 is 1.82 bits per heavy atom. The summed E-state index contributed by atoms with van der Waals surface area (Å²) in [4.78, 5) is 0. The van der Waals surface area contributed by atoms with E-state index in [1.54, 1.807) is 21.0 Å². The molecule has 0 aliphatic carbocycles. The van der Waals surface area contributed by atoms with Crippen LogP contribution in [0.2, 0.25) is 0 Å². The van der Waals surface area contributed by atoms with Crippen molar-refractivity contribution < 1.29 is 9.13 Å². The van der Waals surface area contributed by atoms with E-state index in [4.69, 9.17) is 4.74 Å². The van der Waals surface area contributed by atoms with Crippen molar-refractivity contribution in [1.82, 2.24) is 0 Å². The average Bonchev–Trinajstić information content (AvgIpc) is 1.86. The number of methoxy groups -OCH3 is 1. The number of ether oxygens (including phenoxy) is 1. The van der Waals surface area contributed by atoms with Gasteiger partial charge in [0.2, 0.25) is 0 Å². The van der Waals surface area contributed by atoms with E-state index >= 15 is 0 Å². The van der Waals surface area contributed by atoms with Gasteiger partial charge in [0.25, 0.3) is 0 Å². The standard InChI is InChI=1S/C9H19FO/c1-6-7-9(4,11-5)8(2,3)10/h6-7H2,1-5H3. The molecular weight excluding hydrogens is 143 g/mol. The third-order valence-electron chi connectivity index (χ3n) is 2.44. The molecule has 0 rings (SSSR count). The summed E-state index contributed by atoms with van der Waals surface area (Å²) < 4.78 is 18.7. The zero-order chi connectivity index (χ0) is 9.12. The van der Waals surface area contributed by atoms with Crippen LogP contribution in [0.25, 0.3) is 0 Å². The number of alkyl halides is 1. The lowest BCUT2D eigenvalue weighted by molar-refractivity contribution is -0.105. The third-order valence-corrected chi connectivity index (χ3v) is 2.44. The van der Waals surface area contributed by atoms with Gasteiger partial charge in [-0.1, -0.05) is 13.3 Å². The van der Waals surface area contributed by atoms with E-state index in [9.17, 15) is 4.39 Å². The Balaban J connectivity index is 4.33. The second kappa shape index (κ2) is 3.53. The first kappa shape index (κ1) is 10.9. The summed E-state index contributed by atoms with van der Waals surface area (Å²) in [5.74, 6) is 0. The quantitative estimate of drug-likeness (QED) is 0.617. The van der Waals surface area contributed by atoms with Gasteiger partial charge in [-0.15, -0.1) is 0 Å². The van der Waals surface area contributed by atoms with Crippen LogP contribution in [0, 0.1) is 0 Å². The predicted octanol–water partition coefficient (Wildman–Crippen LogP) is 2.94. The summed E-state index contributed by atoms with van der Waals surface area (Å²) in [6, 6.07) is 0. The van der Waals surface area contributed by atoms with Gasteiger partial charge in [-0.3, -0.25) is 0 Å². The largest absolute Gasteiger partial charge is 0.375 e. The molecule has 0 amide bonds. The van der Waals surface area contributed by atoms with Crippen molar-refractivity contribution in [1.29, 1.82) is 0 Å². The van der Waals surface area contributed by atoms with E-state index in [0.29, 0.717) is 0 Å². The molecule has 0 radical (unpaired) electrons. The Morgan fingerprint density at radius 1 is 1.27 bits per heavy atom. The fourth-order valence-electron chi connectivity index (χ4n) is 1.12. The minimum Gasteiger partial charge on any atom is -0.375 e. The number of rotatable bonds is 4. The minimum absolute atomic E-state index is 0.637. The smallest absolute Gasteiger partial charge is 0.133 e. The second-order valence-corrected chi connectivity index (χ2v) is 3.66. The molecule has 2 heteroatoms. The molecule has 0 saturated heterocycles. The molecule has 0 saturated carbocycles. The van der Waals surface area contributed by atoms with Crippen molar-refractivity contribution in [2.24, 2.45) is 0 Å². The monoisotopic (exact) mass is 162 g/mol. The molecule has 0 heterocycles. The highest BCUT2D eigenvalue weighted by atomic mass is 19.1. The average molecular weight is 162 g/mol. The van der Waals surface area contributed by atoms with Crippen LogP contribution in [0.5, 0.6) is 0 Å². The Morgan fingerprint density at radius 2 is 1.73 bits per heavy atom. The molecule has 0 aromatic rings. The van der Waals surface area contributed by atoms with Crippen LogP contribution in [0.15, 0.2) is 0 Å². The molecule has 0 aliphatic heterocycles. The molecule has 1 nitrogen and oxygen atoms in total. The van der Waals surface area contributed by atoms with E-state index in [1.165, 1.54) is 0 Å². The van der Waals surface area contributed by atoms with Gasteiger partial charge in [0.1, 0.15) is 5.67 Å². The van der Waals surface area contributed by atoms with E-state index in [1.807, 2.05) is 13.8 Å². The van der Waals surface area contributed by atoms with Crippen LogP contribution < -0.4 is 0 Å². The molecule has 0 aromatic carbocycles. The zero-order valence-corrected chi connectivity index (χ0v) is 8.20. The fourth-order valence-corrected chi connectivity index (χ4v) is 1.12. The van der Waals surface area contributed by atoms with Gasteiger partial charge in [-0.2, -0.15) is 0 Å². The maximum atomic E-state index is 13.5. The van der Waals surface area contributed by atoms with Crippen LogP contribution >= 0.6 is 0 Å². The van der Waals surface area contributed by atoms with Crippen LogP contribution in [0.4, 0.5) is 4.39 Å². The Bertz CT molecular complexity index is 117. The first-order valence-corrected chi connectivity index (χ1v) is 4.11. The fraction of sp³-hybridized carbons (Fsp3) is 1.00. The molecule has 11 heavy (non-hydrogen) atoms. The first-order valence-electron chi connectivity index (χ1n) is 4.11. The van der Waals surface area contributed by atoms with Gasteiger partial charge in [0, 0.05) is 7.11 Å². The SMILES string of the molecule is CCCC(C)(OC)C(C)(C)F. The highest BCUT2D eigenvalue weighted by molar-refractivity contribution is 4.91. The summed E-state index contributed by atoms with van der Waals surface area (Å²) in [5, 5.41) is 0. The molecule has 1 unspecified atom stereocenters. The van der Waals surface area contributed by atoms with Crippen molar-refractivity contribution in [2.45, 2.75) is 51.8 Å². The summed E-state index contributed by atoms with van der Waals surface area (Å²) in [7, 11) is 1.57. The van der Waals surface area contributed by atoms with Crippen molar-refractivity contribution in [2.75, 3.05) is 7.11 Å². The lowest BCUT2D eigenvalue weighted by Crippen LogP contribution is -2.45. The Kier molecular flexibility index (Phi) is 3.49. The van der Waals surface area contributed by atoms with E-state index in [2.05, 4.69) is 0 Å². The lowest BCUT2D eigenvalue weighted by atomic mass is 9.85. The van der Waals surface area contributed by atoms with Gasteiger partial charge in [-0.25, -0.2) is 4.39 Å². The molecule has 0 spiro atoms. The molecule has 1 atom stereocenters. The highest BCUT2D eigenvalue weighted by Crippen LogP contribution is 2.32. The summed E-state index contributed by atoms with van der Waals surface area (Å²) in [6.07, 6.45) is 1.70. The molecule has 0 aromatic heterocycles. The van der Waals surface area contributed by atoms with Crippen molar-refractivity contribution >= 4 is 0 Å². The van der Waals surface area contributed by atoms with Gasteiger partial charge in [0.05, 0.1) is 5.60 Å². The van der Waals surface area contributed by atoms with Gasteiger partial charge in [-0.05, 0) is 27.2 Å². The normalized spacial score (nSPS) is 18.0. The van der Waals surface area contributed by atoms with Crippen LogP contribution in [-0.4, -0.2) is 18.4 Å². The lowest BCUT2D eigenvalue weighted by Gasteiger charge is -2.37. The summed E-state index contributed by atoms with van der Waals surface area (Å²) >= 11 is 0. The summed E-state index contributed by atoms with van der Waals surface area (Å²) in [6.45, 7) is 6.97. The molecule has 0 aliphatic rings. The number of halogens is 1. The molecular formula is C9H19FO. The van der Waals surface area contributed by atoms with Gasteiger partial charge >= 0.3 is 0 Å². The zero-order valence-electron chi connectivity index (χ0n) is 8.20. The third kappa shape index (κ3) is 2.44. The van der Waals surface area contributed by atoms with Gasteiger partial charge < -0.3 is 4.74 Å². The molecule has 0 bridgehead atoms. The topological polar surface area (TPSA) is 9.23 Å². The second-order valence-electron chi connectivity index (χ2n) is 3.66. The number of hydrogen-bond donors (Lipinski definition) is 0. The van der Waals surface area contributed by atoms with Crippen molar-refractivity contribution in [3.8, 4) is 0 Å². The number of hydrogen-bond acceptors (Lipinski definition) is 1. The molecule has 0 N–H and O–H groups in total. The van der Waals surface area contributed by atoms with E-state index in [0.717, 1.165) is 12.8 Å². The maximum absolute atomic E-state index is 13.5. The maximum Gasteiger partial charge on any atom is 0.133 e. The van der Waals surface area contributed by atoms with E-state index < -0.39 is 11.3 Å². The molecule has 0 fully saturated rings.